The van der Waals surface area contributed by atoms with Crippen LogP contribution in [0.15, 0.2) is 36.4 Å². The molecule has 0 saturated carbocycles. The van der Waals surface area contributed by atoms with Crippen LogP contribution in [0.2, 0.25) is 10.0 Å². The number of benzene rings is 2. The van der Waals surface area contributed by atoms with Crippen molar-refractivity contribution >= 4 is 23.2 Å². The lowest BCUT2D eigenvalue weighted by atomic mass is 9.97. The molecule has 1 nitrogen and oxygen atoms in total. The van der Waals surface area contributed by atoms with E-state index in [1.807, 2.05) is 6.07 Å². The second kappa shape index (κ2) is 5.39. The second-order valence-corrected chi connectivity index (χ2v) is 4.50. The van der Waals surface area contributed by atoms with E-state index in [1.165, 1.54) is 6.07 Å². The summed E-state index contributed by atoms with van der Waals surface area (Å²) in [5, 5.41) is 9.43. The molecule has 0 saturated heterocycles. The van der Waals surface area contributed by atoms with Crippen LogP contribution in [0.1, 0.15) is 5.56 Å². The largest absolute Gasteiger partial charge is 0.206 e. The lowest BCUT2D eigenvalue weighted by molar-refractivity contribution is 0.630. The first-order valence-electron chi connectivity index (χ1n) is 5.24. The molecule has 2 rings (SSSR count). The van der Waals surface area contributed by atoms with E-state index in [0.29, 0.717) is 26.7 Å². The molecule has 0 N–H and O–H groups in total. The highest BCUT2D eigenvalue weighted by Crippen LogP contribution is 2.36. The van der Waals surface area contributed by atoms with Crippen LogP contribution in [0, 0.1) is 17.1 Å². The molecule has 0 aliphatic heterocycles. The molecular formula is C14H8Cl2FN. The van der Waals surface area contributed by atoms with E-state index in [1.54, 1.807) is 30.3 Å². The summed E-state index contributed by atoms with van der Waals surface area (Å²) >= 11 is 12.0. The van der Waals surface area contributed by atoms with Crippen LogP contribution in [0.3, 0.4) is 0 Å². The number of nitrogens with zero attached hydrogens (tertiary/aromatic N) is 1. The highest BCUT2D eigenvalue weighted by Gasteiger charge is 2.14. The maximum Gasteiger partial charge on any atom is 0.131 e. The van der Waals surface area contributed by atoms with Gasteiger partial charge in [-0.05, 0) is 17.7 Å². The summed E-state index contributed by atoms with van der Waals surface area (Å²) in [6, 6.07) is 11.7. The Morgan fingerprint density at radius 3 is 2.56 bits per heavy atom. The van der Waals surface area contributed by atoms with Gasteiger partial charge in [0.05, 0.1) is 22.5 Å². The van der Waals surface area contributed by atoms with E-state index in [0.717, 1.165) is 0 Å². The molecule has 2 aromatic carbocycles. The SMILES string of the molecule is N#CCc1cccc(F)c1-c1cccc(Cl)c1Cl. The molecule has 0 fully saturated rings. The van der Waals surface area contributed by atoms with Gasteiger partial charge in [0, 0.05) is 11.1 Å². The molecule has 0 amide bonds. The van der Waals surface area contributed by atoms with Crippen LogP contribution in [0.4, 0.5) is 4.39 Å². The zero-order valence-electron chi connectivity index (χ0n) is 9.25. The summed E-state index contributed by atoms with van der Waals surface area (Å²) in [6.45, 7) is 0. The second-order valence-electron chi connectivity index (χ2n) is 3.71. The van der Waals surface area contributed by atoms with Crippen molar-refractivity contribution in [3.63, 3.8) is 0 Å². The van der Waals surface area contributed by atoms with Gasteiger partial charge < -0.3 is 0 Å². The van der Waals surface area contributed by atoms with Crippen molar-refractivity contribution in [3.8, 4) is 17.2 Å². The minimum Gasteiger partial charge on any atom is -0.206 e. The first kappa shape index (κ1) is 12.9. The summed E-state index contributed by atoms with van der Waals surface area (Å²) in [7, 11) is 0. The van der Waals surface area contributed by atoms with Gasteiger partial charge in [-0.15, -0.1) is 0 Å². The Kier molecular flexibility index (Phi) is 3.86. The van der Waals surface area contributed by atoms with Gasteiger partial charge in [-0.1, -0.05) is 47.5 Å². The Morgan fingerprint density at radius 2 is 1.83 bits per heavy atom. The third kappa shape index (κ3) is 2.33. The molecule has 0 spiro atoms. The highest BCUT2D eigenvalue weighted by atomic mass is 35.5. The van der Waals surface area contributed by atoms with Gasteiger partial charge in [-0.2, -0.15) is 5.26 Å². The maximum atomic E-state index is 14.0. The molecule has 0 radical (unpaired) electrons. The Morgan fingerprint density at radius 1 is 1.11 bits per heavy atom. The summed E-state index contributed by atoms with van der Waals surface area (Å²) < 4.78 is 14.0. The molecule has 0 aliphatic rings. The van der Waals surface area contributed by atoms with Crippen molar-refractivity contribution in [2.24, 2.45) is 0 Å². The number of halogens is 3. The topological polar surface area (TPSA) is 23.8 Å². The van der Waals surface area contributed by atoms with Crippen molar-refractivity contribution < 1.29 is 4.39 Å². The van der Waals surface area contributed by atoms with E-state index in [9.17, 15) is 4.39 Å². The van der Waals surface area contributed by atoms with Crippen LogP contribution in [-0.4, -0.2) is 0 Å². The Bertz CT molecular complexity index is 632. The average Bonchev–Trinajstić information content (AvgIpc) is 2.34. The van der Waals surface area contributed by atoms with Crippen molar-refractivity contribution in [1.82, 2.24) is 0 Å². The first-order chi connectivity index (χ1) is 8.65. The molecule has 0 unspecified atom stereocenters. The monoisotopic (exact) mass is 279 g/mol. The molecule has 90 valence electrons. The fourth-order valence-corrected chi connectivity index (χ4v) is 2.19. The molecule has 2 aromatic rings. The van der Waals surface area contributed by atoms with Gasteiger partial charge in [0.2, 0.25) is 0 Å². The van der Waals surface area contributed by atoms with E-state index in [4.69, 9.17) is 28.5 Å². The fourth-order valence-electron chi connectivity index (χ4n) is 1.80. The summed E-state index contributed by atoms with van der Waals surface area (Å²) in [4.78, 5) is 0. The van der Waals surface area contributed by atoms with Crippen molar-refractivity contribution in [2.75, 3.05) is 0 Å². The Hall–Kier alpha value is -1.56. The molecule has 0 heterocycles. The smallest absolute Gasteiger partial charge is 0.131 e. The molecule has 4 heteroatoms. The van der Waals surface area contributed by atoms with Gasteiger partial charge in [0.25, 0.3) is 0 Å². The third-order valence-electron chi connectivity index (χ3n) is 2.59. The van der Waals surface area contributed by atoms with E-state index in [-0.39, 0.29) is 6.42 Å². The van der Waals surface area contributed by atoms with Crippen LogP contribution in [-0.2, 0) is 6.42 Å². The number of nitriles is 1. The van der Waals surface area contributed by atoms with Gasteiger partial charge in [-0.3, -0.25) is 0 Å². The zero-order chi connectivity index (χ0) is 13.1. The molecule has 0 atom stereocenters. The lowest BCUT2D eigenvalue weighted by Crippen LogP contribution is -1.93. The van der Waals surface area contributed by atoms with Crippen LogP contribution < -0.4 is 0 Å². The van der Waals surface area contributed by atoms with E-state index < -0.39 is 5.82 Å². The summed E-state index contributed by atoms with van der Waals surface area (Å²) in [6.07, 6.45) is 0.121. The predicted octanol–water partition coefficient (Wildman–Crippen LogP) is 4.87. The van der Waals surface area contributed by atoms with Crippen molar-refractivity contribution in [1.29, 1.82) is 5.26 Å². The third-order valence-corrected chi connectivity index (χ3v) is 3.41. The predicted molar refractivity (Wildman–Crippen MR) is 71.2 cm³/mol. The zero-order valence-corrected chi connectivity index (χ0v) is 10.8. The maximum absolute atomic E-state index is 14.0. The average molecular weight is 280 g/mol. The van der Waals surface area contributed by atoms with Crippen molar-refractivity contribution in [2.45, 2.75) is 6.42 Å². The van der Waals surface area contributed by atoms with Gasteiger partial charge in [0.1, 0.15) is 5.82 Å². The van der Waals surface area contributed by atoms with E-state index in [2.05, 4.69) is 0 Å². The van der Waals surface area contributed by atoms with Crippen LogP contribution in [0.25, 0.3) is 11.1 Å². The highest BCUT2D eigenvalue weighted by molar-refractivity contribution is 6.43. The summed E-state index contributed by atoms with van der Waals surface area (Å²) in [5.41, 5.74) is 1.45. The Labute approximate surface area is 114 Å². The van der Waals surface area contributed by atoms with Gasteiger partial charge >= 0.3 is 0 Å². The minimum atomic E-state index is -0.410. The van der Waals surface area contributed by atoms with Gasteiger partial charge in [-0.25, -0.2) is 4.39 Å². The molecular weight excluding hydrogens is 272 g/mol. The van der Waals surface area contributed by atoms with Gasteiger partial charge in [0.15, 0.2) is 0 Å². The molecule has 18 heavy (non-hydrogen) atoms. The fraction of sp³-hybridized carbons (Fsp3) is 0.0714. The molecule has 0 aliphatic carbocycles. The number of rotatable bonds is 2. The van der Waals surface area contributed by atoms with Crippen LogP contribution in [0.5, 0.6) is 0 Å². The molecule has 0 aromatic heterocycles. The van der Waals surface area contributed by atoms with Crippen LogP contribution >= 0.6 is 23.2 Å². The minimum absolute atomic E-state index is 0.121. The lowest BCUT2D eigenvalue weighted by Gasteiger charge is -2.11. The quantitative estimate of drug-likeness (QED) is 0.770. The number of hydrogen-bond acceptors (Lipinski definition) is 1. The standard InChI is InChI=1S/C14H8Cl2FN/c15-11-5-2-4-10(14(11)16)13-9(7-8-18)3-1-6-12(13)17/h1-6H,7H2. The Balaban J connectivity index is 2.71. The molecule has 0 bridgehead atoms. The summed E-state index contributed by atoms with van der Waals surface area (Å²) in [5.74, 6) is -0.410. The number of hydrogen-bond donors (Lipinski definition) is 0. The van der Waals surface area contributed by atoms with E-state index >= 15 is 0 Å². The first-order valence-corrected chi connectivity index (χ1v) is 5.99. The normalized spacial score (nSPS) is 10.1. The van der Waals surface area contributed by atoms with Crippen molar-refractivity contribution in [3.05, 3.63) is 57.8 Å².